The van der Waals surface area contributed by atoms with Crippen LogP contribution in [0.2, 0.25) is 10.0 Å². The lowest BCUT2D eigenvalue weighted by Gasteiger charge is -2.13. The summed E-state index contributed by atoms with van der Waals surface area (Å²) in [6.07, 6.45) is 3.97. The van der Waals surface area contributed by atoms with Crippen molar-refractivity contribution < 1.29 is 13.2 Å². The summed E-state index contributed by atoms with van der Waals surface area (Å²) >= 11 is 11.7. The Morgan fingerprint density at radius 3 is 2.30 bits per heavy atom. The molecule has 0 atom stereocenters. The molecular weight excluding hydrogens is 345 g/mol. The third kappa shape index (κ3) is 3.58. The number of hydrogen-bond donors (Lipinski definition) is 1. The molecule has 0 saturated heterocycles. The Morgan fingerprint density at radius 2 is 1.75 bits per heavy atom. The minimum atomic E-state index is -4.03. The van der Waals surface area contributed by atoms with Crippen LogP contribution in [0.5, 0.6) is 0 Å². The van der Waals surface area contributed by atoms with Gasteiger partial charge in [0, 0.05) is 16.7 Å². The maximum Gasteiger partial charge on any atom is 0.262 e. The van der Waals surface area contributed by atoms with E-state index in [1.165, 1.54) is 6.07 Å². The number of amides is 1. The number of benzene rings is 1. The van der Waals surface area contributed by atoms with Crippen molar-refractivity contribution in [2.45, 2.75) is 36.6 Å². The van der Waals surface area contributed by atoms with E-state index >= 15 is 0 Å². The number of nitrogens with one attached hydrogen (secondary N) is 1. The molecule has 1 aliphatic rings. The van der Waals surface area contributed by atoms with E-state index in [4.69, 9.17) is 33.9 Å². The zero-order chi connectivity index (χ0) is 14.9. The summed E-state index contributed by atoms with van der Waals surface area (Å²) in [6.45, 7) is 0. The zero-order valence-corrected chi connectivity index (χ0v) is 13.4. The largest absolute Gasteiger partial charge is 0.349 e. The van der Waals surface area contributed by atoms with Crippen molar-refractivity contribution in [3.8, 4) is 0 Å². The Kier molecular flexibility index (Phi) is 4.84. The molecule has 1 saturated carbocycles. The molecule has 0 spiro atoms. The molecular formula is C12H12Cl3NO3S. The van der Waals surface area contributed by atoms with Crippen LogP contribution in [-0.4, -0.2) is 20.4 Å². The predicted octanol–water partition coefficient (Wildman–Crippen LogP) is 3.59. The third-order valence-electron chi connectivity index (χ3n) is 3.22. The lowest BCUT2D eigenvalue weighted by Crippen LogP contribution is -2.32. The Morgan fingerprint density at radius 1 is 1.15 bits per heavy atom. The van der Waals surface area contributed by atoms with Crippen LogP contribution >= 0.6 is 33.9 Å². The van der Waals surface area contributed by atoms with Crippen molar-refractivity contribution in [3.63, 3.8) is 0 Å². The topological polar surface area (TPSA) is 63.2 Å². The second-order valence-electron chi connectivity index (χ2n) is 4.66. The van der Waals surface area contributed by atoms with Crippen molar-refractivity contribution in [1.82, 2.24) is 5.32 Å². The minimum Gasteiger partial charge on any atom is -0.349 e. The van der Waals surface area contributed by atoms with Crippen LogP contribution in [0.3, 0.4) is 0 Å². The lowest BCUT2D eigenvalue weighted by atomic mass is 10.2. The highest BCUT2D eigenvalue weighted by molar-refractivity contribution is 8.13. The van der Waals surface area contributed by atoms with Gasteiger partial charge in [-0.1, -0.05) is 36.0 Å². The van der Waals surface area contributed by atoms with E-state index < -0.39 is 15.0 Å². The van der Waals surface area contributed by atoms with Gasteiger partial charge in [-0.2, -0.15) is 0 Å². The molecule has 0 aliphatic heterocycles. The van der Waals surface area contributed by atoms with E-state index in [9.17, 15) is 13.2 Å². The van der Waals surface area contributed by atoms with Gasteiger partial charge in [0.2, 0.25) is 0 Å². The molecule has 0 bridgehead atoms. The fraction of sp³-hybridized carbons (Fsp3) is 0.417. The summed E-state index contributed by atoms with van der Waals surface area (Å²) in [4.78, 5) is 11.8. The van der Waals surface area contributed by atoms with Crippen LogP contribution in [0.15, 0.2) is 17.0 Å². The number of carbonyl (C=O) groups is 1. The van der Waals surface area contributed by atoms with Gasteiger partial charge in [0.25, 0.3) is 15.0 Å². The summed E-state index contributed by atoms with van der Waals surface area (Å²) in [5, 5.41) is 2.81. The Bertz CT molecular complexity index is 640. The van der Waals surface area contributed by atoms with E-state index in [2.05, 4.69) is 5.32 Å². The molecule has 0 unspecified atom stereocenters. The van der Waals surface area contributed by atoms with E-state index in [0.29, 0.717) is 0 Å². The maximum absolute atomic E-state index is 12.1. The molecule has 1 N–H and O–H groups in total. The number of carbonyl (C=O) groups excluding carboxylic acids is 1. The molecule has 0 heterocycles. The molecule has 1 aromatic rings. The molecule has 4 nitrogen and oxygen atoms in total. The second-order valence-corrected chi connectivity index (χ2v) is 8.00. The first kappa shape index (κ1) is 15.9. The Labute approximate surface area is 131 Å². The summed E-state index contributed by atoms with van der Waals surface area (Å²) in [7, 11) is 1.24. The van der Waals surface area contributed by atoms with Gasteiger partial charge < -0.3 is 5.32 Å². The summed E-state index contributed by atoms with van der Waals surface area (Å²) in [5.74, 6) is -0.417. The fourth-order valence-electron chi connectivity index (χ4n) is 2.22. The van der Waals surface area contributed by atoms with Gasteiger partial charge in [-0.15, -0.1) is 0 Å². The quantitative estimate of drug-likeness (QED) is 0.842. The SMILES string of the molecule is O=C(NC1CCCC1)c1cc(S(=O)(=O)Cl)c(Cl)cc1Cl. The molecule has 110 valence electrons. The van der Waals surface area contributed by atoms with Crippen molar-refractivity contribution >= 4 is 48.8 Å². The van der Waals surface area contributed by atoms with Crippen molar-refractivity contribution in [1.29, 1.82) is 0 Å². The molecule has 20 heavy (non-hydrogen) atoms. The highest BCUT2D eigenvalue weighted by atomic mass is 35.7. The van der Waals surface area contributed by atoms with Gasteiger partial charge in [-0.05, 0) is 25.0 Å². The van der Waals surface area contributed by atoms with Crippen LogP contribution in [0.4, 0.5) is 0 Å². The number of halogens is 3. The van der Waals surface area contributed by atoms with E-state index in [-0.39, 0.29) is 26.5 Å². The van der Waals surface area contributed by atoms with E-state index in [1.54, 1.807) is 0 Å². The van der Waals surface area contributed by atoms with E-state index in [1.807, 2.05) is 0 Å². The normalized spacial score (nSPS) is 16.4. The monoisotopic (exact) mass is 355 g/mol. The van der Waals surface area contributed by atoms with Gasteiger partial charge in [0.1, 0.15) is 4.90 Å². The molecule has 1 aliphatic carbocycles. The van der Waals surface area contributed by atoms with Crippen LogP contribution < -0.4 is 5.32 Å². The van der Waals surface area contributed by atoms with Crippen molar-refractivity contribution in [2.75, 3.05) is 0 Å². The second kappa shape index (κ2) is 6.10. The number of hydrogen-bond acceptors (Lipinski definition) is 3. The standard InChI is InChI=1S/C12H12Cl3NO3S/c13-9-6-10(14)11(20(15,18)19)5-8(9)12(17)16-7-3-1-2-4-7/h5-7H,1-4H2,(H,16,17). The molecule has 1 aromatic carbocycles. The van der Waals surface area contributed by atoms with Crippen LogP contribution in [0, 0.1) is 0 Å². The van der Waals surface area contributed by atoms with Crippen LogP contribution in [0.1, 0.15) is 36.0 Å². The summed E-state index contributed by atoms with van der Waals surface area (Å²) in [5.41, 5.74) is 0.0576. The fourth-order valence-corrected chi connectivity index (χ4v) is 4.05. The molecule has 1 fully saturated rings. The minimum absolute atomic E-state index is 0.0576. The molecule has 1 amide bonds. The first-order valence-electron chi connectivity index (χ1n) is 6.03. The van der Waals surface area contributed by atoms with Crippen LogP contribution in [-0.2, 0) is 9.05 Å². The van der Waals surface area contributed by atoms with Crippen molar-refractivity contribution in [3.05, 3.63) is 27.7 Å². The molecule has 0 radical (unpaired) electrons. The first-order chi connectivity index (χ1) is 9.29. The highest BCUT2D eigenvalue weighted by Crippen LogP contribution is 2.31. The summed E-state index contributed by atoms with van der Waals surface area (Å²) in [6, 6.07) is 2.42. The average Bonchev–Trinajstić information content (AvgIpc) is 2.79. The highest BCUT2D eigenvalue weighted by Gasteiger charge is 2.23. The number of rotatable bonds is 3. The third-order valence-corrected chi connectivity index (χ3v) is 5.32. The maximum atomic E-state index is 12.1. The Hall–Kier alpha value is -0.490. The van der Waals surface area contributed by atoms with Gasteiger partial charge in [-0.3, -0.25) is 4.79 Å². The smallest absolute Gasteiger partial charge is 0.262 e. The Balaban J connectivity index is 2.33. The molecule has 8 heteroatoms. The lowest BCUT2D eigenvalue weighted by molar-refractivity contribution is 0.0938. The van der Waals surface area contributed by atoms with Crippen molar-refractivity contribution in [2.24, 2.45) is 0 Å². The van der Waals surface area contributed by atoms with Crippen LogP contribution in [0.25, 0.3) is 0 Å². The predicted molar refractivity (Wildman–Crippen MR) is 79.2 cm³/mol. The summed E-state index contributed by atoms with van der Waals surface area (Å²) < 4.78 is 22.8. The first-order valence-corrected chi connectivity index (χ1v) is 9.10. The molecule has 0 aromatic heterocycles. The van der Waals surface area contributed by atoms with Gasteiger partial charge in [-0.25, -0.2) is 8.42 Å². The average molecular weight is 357 g/mol. The van der Waals surface area contributed by atoms with E-state index in [0.717, 1.165) is 31.7 Å². The van der Waals surface area contributed by atoms with Gasteiger partial charge in [0.15, 0.2) is 0 Å². The van der Waals surface area contributed by atoms with Gasteiger partial charge >= 0.3 is 0 Å². The van der Waals surface area contributed by atoms with Gasteiger partial charge in [0.05, 0.1) is 15.6 Å². The zero-order valence-electron chi connectivity index (χ0n) is 10.3. The molecule has 2 rings (SSSR count).